The van der Waals surface area contributed by atoms with Gasteiger partial charge in [0.25, 0.3) is 5.91 Å². The van der Waals surface area contributed by atoms with Gasteiger partial charge in [0.2, 0.25) is 0 Å². The van der Waals surface area contributed by atoms with Gasteiger partial charge in [-0.25, -0.2) is 4.55 Å². The van der Waals surface area contributed by atoms with Crippen molar-refractivity contribution in [1.29, 1.82) is 0 Å². The van der Waals surface area contributed by atoms with E-state index in [-0.39, 0.29) is 11.3 Å². The summed E-state index contributed by atoms with van der Waals surface area (Å²) in [5.74, 6) is -0.453. The van der Waals surface area contributed by atoms with E-state index in [1.807, 2.05) is 0 Å². The van der Waals surface area contributed by atoms with E-state index in [1.165, 1.54) is 44.4 Å². The minimum absolute atomic E-state index is 0.230. The largest absolute Gasteiger partial charge is 0.437 e. The average molecular weight is 390 g/mol. The summed E-state index contributed by atoms with van der Waals surface area (Å²) in [6.45, 7) is 0. The number of quaternary nitrogens is 1. The van der Waals surface area contributed by atoms with Crippen molar-refractivity contribution in [2.24, 2.45) is 0 Å². The lowest BCUT2D eigenvalue weighted by molar-refractivity contribution is 0.102. The summed E-state index contributed by atoms with van der Waals surface area (Å²) in [5, 5.41) is 3.31. The predicted octanol–water partition coefficient (Wildman–Crippen LogP) is 3.62. The van der Waals surface area contributed by atoms with Gasteiger partial charge in [-0.3, -0.25) is 4.79 Å². The molecule has 1 amide bonds. The summed E-state index contributed by atoms with van der Waals surface area (Å²) in [6.07, 6.45) is 0. The molecular formula is C15H15Cl2N2O4S+. The number of nitrogens with zero attached hydrogens (tertiary/aromatic N) is 1. The Hall–Kier alpha value is -1.64. The molecular weight excluding hydrogens is 375 g/mol. The minimum Gasteiger partial charge on any atom is -0.322 e. The maximum Gasteiger partial charge on any atom is 0.437 e. The summed E-state index contributed by atoms with van der Waals surface area (Å²) < 4.78 is 31.5. The van der Waals surface area contributed by atoms with Crippen molar-refractivity contribution in [2.45, 2.75) is 0 Å². The van der Waals surface area contributed by atoms with Crippen LogP contribution in [0.2, 0.25) is 10.0 Å². The second-order valence-electron chi connectivity index (χ2n) is 5.43. The van der Waals surface area contributed by atoms with Crippen molar-refractivity contribution in [2.75, 3.05) is 19.4 Å². The second kappa shape index (κ2) is 6.70. The Kier molecular flexibility index (Phi) is 5.22. The van der Waals surface area contributed by atoms with Crippen LogP contribution in [0.4, 0.5) is 11.4 Å². The monoisotopic (exact) mass is 389 g/mol. The smallest absolute Gasteiger partial charge is 0.322 e. The predicted molar refractivity (Wildman–Crippen MR) is 96.0 cm³/mol. The van der Waals surface area contributed by atoms with E-state index < -0.39 is 20.1 Å². The molecule has 0 aliphatic heterocycles. The molecule has 2 rings (SSSR count). The molecule has 0 bridgehead atoms. The van der Waals surface area contributed by atoms with E-state index in [0.717, 1.165) is 0 Å². The molecule has 6 nitrogen and oxygen atoms in total. The number of amides is 1. The van der Waals surface area contributed by atoms with Crippen LogP contribution in [0.3, 0.4) is 0 Å². The quantitative estimate of drug-likeness (QED) is 0.617. The van der Waals surface area contributed by atoms with Gasteiger partial charge in [-0.15, -0.1) is 8.42 Å². The zero-order chi connectivity index (χ0) is 18.1. The van der Waals surface area contributed by atoms with Crippen LogP contribution in [0, 0.1) is 0 Å². The molecule has 0 aliphatic rings. The fourth-order valence-electron chi connectivity index (χ4n) is 1.89. The molecule has 128 valence electrons. The molecule has 24 heavy (non-hydrogen) atoms. The van der Waals surface area contributed by atoms with Crippen molar-refractivity contribution < 1.29 is 17.8 Å². The molecule has 0 saturated heterocycles. The van der Waals surface area contributed by atoms with Gasteiger partial charge >= 0.3 is 10.3 Å². The van der Waals surface area contributed by atoms with Gasteiger partial charge in [-0.05, 0) is 24.3 Å². The highest BCUT2D eigenvalue weighted by molar-refractivity contribution is 7.85. The summed E-state index contributed by atoms with van der Waals surface area (Å²) >= 11 is 11.7. The summed E-state index contributed by atoms with van der Waals surface area (Å²) in [7, 11) is -1.80. The van der Waals surface area contributed by atoms with Gasteiger partial charge in [0.15, 0.2) is 0 Å². The molecule has 0 heterocycles. The molecule has 0 radical (unpaired) electrons. The van der Waals surface area contributed by atoms with Crippen LogP contribution in [0.15, 0.2) is 42.5 Å². The number of hydrogen-bond donors (Lipinski definition) is 2. The fraction of sp³-hybridized carbons (Fsp3) is 0.133. The maximum atomic E-state index is 12.3. The number of anilines is 1. The standard InChI is InChI=1S/C15H14Cl2N2O4S/c1-19(2,24(21,22)23)12-5-3-4-10(8-12)15(20)18-11-6-7-13(16)14(17)9-11/h3-9H,1-2H3,(H-,18,20,21,22,23)/p+1. The first-order chi connectivity index (χ1) is 11.0. The van der Waals surface area contributed by atoms with Crippen molar-refractivity contribution >= 4 is 50.8 Å². The SMILES string of the molecule is C[N+](C)(c1cccc(C(=O)Nc2ccc(Cl)c(Cl)c2)c1)S(=O)(=O)O. The number of halogens is 2. The van der Waals surface area contributed by atoms with Gasteiger partial charge in [0, 0.05) is 23.4 Å². The van der Waals surface area contributed by atoms with E-state index in [2.05, 4.69) is 5.32 Å². The molecule has 0 saturated carbocycles. The Morgan fingerprint density at radius 2 is 1.75 bits per heavy atom. The van der Waals surface area contributed by atoms with Crippen LogP contribution in [-0.4, -0.2) is 33.0 Å². The Bertz CT molecular complexity index is 898. The van der Waals surface area contributed by atoms with E-state index in [4.69, 9.17) is 23.2 Å². The Labute approximate surface area is 150 Å². The van der Waals surface area contributed by atoms with E-state index in [0.29, 0.717) is 15.7 Å². The minimum atomic E-state index is -4.39. The lowest BCUT2D eigenvalue weighted by Crippen LogP contribution is -2.46. The number of carbonyl (C=O) groups excluding carboxylic acids is 1. The summed E-state index contributed by atoms with van der Waals surface area (Å²) in [6, 6.07) is 10.6. The third-order valence-corrected chi connectivity index (χ3v) is 5.59. The van der Waals surface area contributed by atoms with Crippen LogP contribution in [-0.2, 0) is 10.3 Å². The third-order valence-electron chi connectivity index (χ3n) is 3.48. The van der Waals surface area contributed by atoms with Gasteiger partial charge < -0.3 is 5.32 Å². The Morgan fingerprint density at radius 1 is 1.08 bits per heavy atom. The van der Waals surface area contributed by atoms with Gasteiger partial charge in [-0.2, -0.15) is 3.89 Å². The lowest BCUT2D eigenvalue weighted by Gasteiger charge is -2.24. The number of rotatable bonds is 4. The Balaban J connectivity index is 2.31. The summed E-state index contributed by atoms with van der Waals surface area (Å²) in [4.78, 5) is 12.3. The topological polar surface area (TPSA) is 83.5 Å². The zero-order valence-electron chi connectivity index (χ0n) is 12.8. The van der Waals surface area contributed by atoms with Crippen molar-refractivity contribution in [3.63, 3.8) is 0 Å². The molecule has 0 aliphatic carbocycles. The lowest BCUT2D eigenvalue weighted by atomic mass is 10.1. The van der Waals surface area contributed by atoms with Crippen molar-refractivity contribution in [1.82, 2.24) is 3.89 Å². The molecule has 9 heteroatoms. The van der Waals surface area contributed by atoms with Gasteiger partial charge in [0.05, 0.1) is 24.1 Å². The molecule has 2 aromatic carbocycles. The normalized spacial score (nSPS) is 12.0. The van der Waals surface area contributed by atoms with Gasteiger partial charge in [-0.1, -0.05) is 29.3 Å². The number of benzene rings is 2. The average Bonchev–Trinajstić information content (AvgIpc) is 2.50. The molecule has 0 spiro atoms. The first-order valence-corrected chi connectivity index (χ1v) is 8.86. The van der Waals surface area contributed by atoms with Crippen LogP contribution in [0.25, 0.3) is 0 Å². The molecule has 2 aromatic rings. The molecule has 2 N–H and O–H groups in total. The molecule has 0 aromatic heterocycles. The summed E-state index contributed by atoms with van der Waals surface area (Å²) in [5.41, 5.74) is 0.913. The van der Waals surface area contributed by atoms with Crippen LogP contribution in [0.1, 0.15) is 10.4 Å². The van der Waals surface area contributed by atoms with Crippen LogP contribution in [0.5, 0.6) is 0 Å². The highest BCUT2D eigenvalue weighted by Crippen LogP contribution is 2.26. The molecule has 0 unspecified atom stereocenters. The van der Waals surface area contributed by atoms with Crippen molar-refractivity contribution in [3.05, 3.63) is 58.1 Å². The molecule has 0 atom stereocenters. The Morgan fingerprint density at radius 3 is 2.33 bits per heavy atom. The third kappa shape index (κ3) is 3.88. The van der Waals surface area contributed by atoms with E-state index in [1.54, 1.807) is 12.1 Å². The van der Waals surface area contributed by atoms with Crippen LogP contribution < -0.4 is 9.21 Å². The van der Waals surface area contributed by atoms with Crippen LogP contribution >= 0.6 is 23.2 Å². The number of hydrogen-bond acceptors (Lipinski definition) is 3. The number of carbonyl (C=O) groups is 1. The van der Waals surface area contributed by atoms with E-state index in [9.17, 15) is 17.8 Å². The first kappa shape index (κ1) is 18.7. The zero-order valence-corrected chi connectivity index (χ0v) is 15.2. The first-order valence-electron chi connectivity index (χ1n) is 6.71. The molecule has 0 fully saturated rings. The highest BCUT2D eigenvalue weighted by Gasteiger charge is 2.34. The maximum absolute atomic E-state index is 12.3. The van der Waals surface area contributed by atoms with Gasteiger partial charge in [0.1, 0.15) is 5.69 Å². The fourth-order valence-corrected chi connectivity index (χ4v) is 2.57. The van der Waals surface area contributed by atoms with Crippen molar-refractivity contribution in [3.8, 4) is 0 Å². The van der Waals surface area contributed by atoms with E-state index >= 15 is 0 Å². The second-order valence-corrected chi connectivity index (χ2v) is 8.05. The number of nitrogens with one attached hydrogen (secondary N) is 1. The highest BCUT2D eigenvalue weighted by atomic mass is 35.5.